The average molecular weight is 491 g/mol. The number of benzene rings is 3. The van der Waals surface area contributed by atoms with Crippen LogP contribution in [-0.4, -0.2) is 51.9 Å². The lowest BCUT2D eigenvalue weighted by atomic mass is 9.70. The molecule has 0 spiro atoms. The Kier molecular flexibility index (Phi) is 6.96. The monoisotopic (exact) mass is 490 g/mol. The van der Waals surface area contributed by atoms with Gasteiger partial charge in [-0.2, -0.15) is 0 Å². The third-order valence-electron chi connectivity index (χ3n) is 7.74. The van der Waals surface area contributed by atoms with Crippen LogP contribution in [0.15, 0.2) is 83.8 Å². The van der Waals surface area contributed by atoms with Crippen molar-refractivity contribution >= 4 is 9.84 Å². The van der Waals surface area contributed by atoms with Crippen molar-refractivity contribution < 1.29 is 13.2 Å². The fraction of sp³-hybridized carbons (Fsp3) is 0.379. The molecule has 3 aliphatic heterocycles. The molecule has 184 valence electrons. The minimum Gasteiger partial charge on any atom is -0.496 e. The highest BCUT2D eigenvalue weighted by molar-refractivity contribution is 7.90. The zero-order chi connectivity index (χ0) is 24.4. The molecule has 3 aromatic rings. The third-order valence-corrected chi connectivity index (χ3v) is 8.85. The van der Waals surface area contributed by atoms with Gasteiger partial charge in [-0.3, -0.25) is 4.90 Å². The summed E-state index contributed by atoms with van der Waals surface area (Å²) in [4.78, 5) is 2.99. The molecule has 6 heteroatoms. The smallest absolute Gasteiger partial charge is 0.175 e. The second kappa shape index (κ2) is 10.1. The summed E-state index contributed by atoms with van der Waals surface area (Å²) < 4.78 is 29.9. The van der Waals surface area contributed by atoms with Gasteiger partial charge in [-0.05, 0) is 61.2 Å². The molecular formula is C29H34N2O3S. The molecule has 0 saturated carbocycles. The number of piperidine rings is 3. The Morgan fingerprint density at radius 1 is 0.943 bits per heavy atom. The number of hydrogen-bond acceptors (Lipinski definition) is 5. The molecule has 3 fully saturated rings. The first kappa shape index (κ1) is 24.0. The van der Waals surface area contributed by atoms with Crippen molar-refractivity contribution in [3.8, 4) is 5.75 Å². The van der Waals surface area contributed by atoms with Crippen molar-refractivity contribution in [2.24, 2.45) is 5.92 Å². The maximum Gasteiger partial charge on any atom is 0.175 e. The molecule has 0 aliphatic carbocycles. The van der Waals surface area contributed by atoms with Gasteiger partial charge in [0, 0.05) is 36.4 Å². The third kappa shape index (κ3) is 5.01. The molecule has 0 aromatic heterocycles. The van der Waals surface area contributed by atoms with Crippen molar-refractivity contribution in [1.29, 1.82) is 0 Å². The summed E-state index contributed by atoms with van der Waals surface area (Å²) in [6, 6.07) is 27.4. The number of ether oxygens (including phenoxy) is 1. The topological polar surface area (TPSA) is 58.6 Å². The van der Waals surface area contributed by atoms with E-state index in [1.807, 2.05) is 0 Å². The maximum atomic E-state index is 12.2. The fourth-order valence-corrected chi connectivity index (χ4v) is 6.72. The molecule has 0 amide bonds. The molecule has 2 atom stereocenters. The molecule has 3 aliphatic rings. The quantitative estimate of drug-likeness (QED) is 0.505. The van der Waals surface area contributed by atoms with E-state index in [1.165, 1.54) is 30.2 Å². The van der Waals surface area contributed by atoms with Crippen LogP contribution in [0.2, 0.25) is 0 Å². The van der Waals surface area contributed by atoms with Gasteiger partial charge in [-0.1, -0.05) is 60.7 Å². The van der Waals surface area contributed by atoms with Crippen LogP contribution in [0.25, 0.3) is 0 Å². The van der Waals surface area contributed by atoms with Crippen LogP contribution in [0.5, 0.6) is 5.75 Å². The van der Waals surface area contributed by atoms with Crippen molar-refractivity contribution in [3.05, 3.63) is 95.6 Å². The van der Waals surface area contributed by atoms with E-state index >= 15 is 0 Å². The molecule has 35 heavy (non-hydrogen) atoms. The van der Waals surface area contributed by atoms with Gasteiger partial charge in [-0.25, -0.2) is 8.42 Å². The molecule has 3 aromatic carbocycles. The van der Waals surface area contributed by atoms with E-state index in [0.29, 0.717) is 29.1 Å². The van der Waals surface area contributed by atoms with E-state index in [9.17, 15) is 8.42 Å². The molecule has 2 unspecified atom stereocenters. The first-order valence-corrected chi connectivity index (χ1v) is 14.3. The number of nitrogens with one attached hydrogen (secondary N) is 1. The van der Waals surface area contributed by atoms with E-state index < -0.39 is 9.84 Å². The Labute approximate surface area is 209 Å². The summed E-state index contributed by atoms with van der Waals surface area (Å²) >= 11 is 0. The van der Waals surface area contributed by atoms with Crippen LogP contribution in [0, 0.1) is 5.92 Å². The van der Waals surface area contributed by atoms with Crippen LogP contribution in [0.1, 0.15) is 35.4 Å². The average Bonchev–Trinajstić information content (AvgIpc) is 2.89. The zero-order valence-electron chi connectivity index (χ0n) is 20.4. The zero-order valence-corrected chi connectivity index (χ0v) is 21.2. The largest absolute Gasteiger partial charge is 0.496 e. The van der Waals surface area contributed by atoms with Crippen molar-refractivity contribution in [2.75, 3.05) is 26.5 Å². The van der Waals surface area contributed by atoms with E-state index in [-0.39, 0.29) is 12.0 Å². The first-order chi connectivity index (χ1) is 17.0. The predicted octanol–water partition coefficient (Wildman–Crippen LogP) is 4.48. The summed E-state index contributed by atoms with van der Waals surface area (Å²) in [5, 5.41) is 3.88. The number of sulfone groups is 1. The summed E-state index contributed by atoms with van der Waals surface area (Å²) in [7, 11) is -1.65. The lowest BCUT2D eigenvalue weighted by molar-refractivity contribution is 0.00461. The Bertz CT molecular complexity index is 1200. The summed E-state index contributed by atoms with van der Waals surface area (Å²) in [5.74, 6) is 1.55. The van der Waals surface area contributed by atoms with E-state index in [0.717, 1.165) is 18.7 Å². The summed E-state index contributed by atoms with van der Waals surface area (Å²) in [6.45, 7) is 2.81. The van der Waals surface area contributed by atoms with Gasteiger partial charge in [0.15, 0.2) is 9.84 Å². The molecule has 3 saturated heterocycles. The minimum absolute atomic E-state index is 0.252. The standard InChI is InChI=1S/C29H34N2O3S/c1-34-26-14-13-25(35(2,32)33)19-24(26)20-30-28-23-15-17-31(18-16-23)29(28)27(21-9-5-3-6-10-21)22-11-7-4-8-12-22/h3-14,19,23,27-30H,15-18,20H2,1-2H3. The SMILES string of the molecule is COc1ccc(S(C)(=O)=O)cc1CNC1C2CCN(CC2)C1C(c1ccccc1)c1ccccc1. The molecular weight excluding hydrogens is 456 g/mol. The molecule has 5 nitrogen and oxygen atoms in total. The van der Waals surface area contributed by atoms with Gasteiger partial charge in [0.05, 0.1) is 12.0 Å². The van der Waals surface area contributed by atoms with Gasteiger partial charge in [0.1, 0.15) is 5.75 Å². The number of fused-ring (bicyclic) bond motifs is 3. The summed E-state index contributed by atoms with van der Waals surface area (Å²) in [6.07, 6.45) is 3.62. The lowest BCUT2D eigenvalue weighted by Crippen LogP contribution is -2.64. The van der Waals surface area contributed by atoms with Crippen LogP contribution in [0.4, 0.5) is 0 Å². The number of methoxy groups -OCH3 is 1. The van der Waals surface area contributed by atoms with Crippen LogP contribution in [0.3, 0.4) is 0 Å². The van der Waals surface area contributed by atoms with E-state index in [4.69, 9.17) is 4.74 Å². The number of nitrogens with zero attached hydrogens (tertiary/aromatic N) is 1. The molecule has 0 radical (unpaired) electrons. The normalized spacial score (nSPS) is 24.0. The van der Waals surface area contributed by atoms with Crippen LogP contribution in [-0.2, 0) is 16.4 Å². The highest BCUT2D eigenvalue weighted by atomic mass is 32.2. The first-order valence-electron chi connectivity index (χ1n) is 12.4. The summed E-state index contributed by atoms with van der Waals surface area (Å²) in [5.41, 5.74) is 3.54. The van der Waals surface area contributed by atoms with E-state index in [1.54, 1.807) is 25.3 Å². The van der Waals surface area contributed by atoms with Crippen molar-refractivity contribution in [2.45, 2.75) is 42.3 Å². The van der Waals surface area contributed by atoms with Crippen molar-refractivity contribution in [1.82, 2.24) is 10.2 Å². The second-order valence-corrected chi connectivity index (χ2v) is 11.8. The fourth-order valence-electron chi connectivity index (χ4n) is 6.05. The molecule has 6 rings (SSSR count). The Hall–Kier alpha value is -2.67. The van der Waals surface area contributed by atoms with Gasteiger partial charge in [0.2, 0.25) is 0 Å². The lowest BCUT2D eigenvalue weighted by Gasteiger charge is -2.54. The molecule has 2 bridgehead atoms. The second-order valence-electron chi connectivity index (χ2n) is 9.82. The molecule has 3 heterocycles. The number of hydrogen-bond donors (Lipinski definition) is 1. The predicted molar refractivity (Wildman–Crippen MR) is 140 cm³/mol. The highest BCUT2D eigenvalue weighted by Gasteiger charge is 2.46. The molecule has 1 N–H and O–H groups in total. The van der Waals surface area contributed by atoms with Gasteiger partial charge < -0.3 is 10.1 Å². The van der Waals surface area contributed by atoms with E-state index in [2.05, 4.69) is 70.9 Å². The van der Waals surface area contributed by atoms with Crippen LogP contribution >= 0.6 is 0 Å². The maximum absolute atomic E-state index is 12.2. The van der Waals surface area contributed by atoms with Crippen molar-refractivity contribution in [3.63, 3.8) is 0 Å². The van der Waals surface area contributed by atoms with Gasteiger partial charge in [-0.15, -0.1) is 0 Å². The Morgan fingerprint density at radius 2 is 1.54 bits per heavy atom. The Balaban J connectivity index is 1.50. The van der Waals surface area contributed by atoms with Crippen LogP contribution < -0.4 is 10.1 Å². The minimum atomic E-state index is -3.29. The highest BCUT2D eigenvalue weighted by Crippen LogP contribution is 2.42. The number of rotatable bonds is 8. The van der Waals surface area contributed by atoms with Gasteiger partial charge in [0.25, 0.3) is 0 Å². The van der Waals surface area contributed by atoms with Gasteiger partial charge >= 0.3 is 0 Å². The Morgan fingerprint density at radius 3 is 2.09 bits per heavy atom.